The largest absolute Gasteiger partial charge is 0.504 e. The second-order valence-corrected chi connectivity index (χ2v) is 4.06. The fraction of sp³-hybridized carbons (Fsp3) is 0.385. The molecule has 0 radical (unpaired) electrons. The van der Waals surface area contributed by atoms with Crippen LogP contribution in [0.1, 0.15) is 18.9 Å². The second kappa shape index (κ2) is 6.39. The standard InChI is InChI=1S/C13H16ClNO2/c1-4-11(5-2)15-8-9-6-10(14)7-12(17-3)13(9)16/h1,6-7,11,15-16H,5,8H2,2-3H3. The lowest BCUT2D eigenvalue weighted by atomic mass is 10.1. The summed E-state index contributed by atoms with van der Waals surface area (Å²) in [5.74, 6) is 3.09. The molecule has 0 saturated carbocycles. The van der Waals surface area contributed by atoms with E-state index in [-0.39, 0.29) is 11.8 Å². The zero-order chi connectivity index (χ0) is 12.8. The molecule has 0 aromatic heterocycles. The first-order valence-corrected chi connectivity index (χ1v) is 5.75. The lowest BCUT2D eigenvalue weighted by Gasteiger charge is -2.13. The molecule has 0 aliphatic heterocycles. The van der Waals surface area contributed by atoms with Crippen LogP contribution in [0.3, 0.4) is 0 Å². The van der Waals surface area contributed by atoms with Crippen LogP contribution < -0.4 is 10.1 Å². The van der Waals surface area contributed by atoms with Gasteiger partial charge in [-0.3, -0.25) is 5.32 Å². The van der Waals surface area contributed by atoms with E-state index in [1.807, 2.05) is 6.92 Å². The number of ether oxygens (including phenoxy) is 1. The first kappa shape index (κ1) is 13.7. The molecule has 1 aromatic carbocycles. The van der Waals surface area contributed by atoms with Crippen LogP contribution in [0.5, 0.6) is 11.5 Å². The Bertz CT molecular complexity index is 426. The summed E-state index contributed by atoms with van der Waals surface area (Å²) in [5, 5.41) is 13.6. The molecule has 0 fully saturated rings. The van der Waals surface area contributed by atoms with E-state index < -0.39 is 0 Å². The number of nitrogens with one attached hydrogen (secondary N) is 1. The van der Waals surface area contributed by atoms with Gasteiger partial charge in [-0.25, -0.2) is 0 Å². The lowest BCUT2D eigenvalue weighted by molar-refractivity contribution is 0.369. The van der Waals surface area contributed by atoms with Crippen molar-refractivity contribution in [3.8, 4) is 23.8 Å². The summed E-state index contributed by atoms with van der Waals surface area (Å²) in [6, 6.07) is 3.24. The molecule has 0 amide bonds. The molecule has 1 aromatic rings. The van der Waals surface area contributed by atoms with Gasteiger partial charge in [-0.1, -0.05) is 24.4 Å². The van der Waals surface area contributed by atoms with Gasteiger partial charge in [0.15, 0.2) is 11.5 Å². The predicted molar refractivity (Wildman–Crippen MR) is 69.4 cm³/mol. The first-order valence-electron chi connectivity index (χ1n) is 5.37. The van der Waals surface area contributed by atoms with Crippen molar-refractivity contribution in [2.45, 2.75) is 25.9 Å². The topological polar surface area (TPSA) is 41.5 Å². The minimum Gasteiger partial charge on any atom is -0.504 e. The third-order valence-corrected chi connectivity index (χ3v) is 2.71. The molecule has 4 heteroatoms. The van der Waals surface area contributed by atoms with Gasteiger partial charge in [-0.15, -0.1) is 6.42 Å². The highest BCUT2D eigenvalue weighted by Crippen LogP contribution is 2.33. The average molecular weight is 254 g/mol. The number of terminal acetylenes is 1. The van der Waals surface area contributed by atoms with Gasteiger partial charge >= 0.3 is 0 Å². The summed E-state index contributed by atoms with van der Waals surface area (Å²) in [5.41, 5.74) is 0.669. The van der Waals surface area contributed by atoms with Gasteiger partial charge in [0, 0.05) is 23.2 Å². The van der Waals surface area contributed by atoms with E-state index >= 15 is 0 Å². The number of rotatable bonds is 5. The van der Waals surface area contributed by atoms with Crippen LogP contribution in [-0.4, -0.2) is 18.3 Å². The third-order valence-electron chi connectivity index (χ3n) is 2.49. The van der Waals surface area contributed by atoms with Crippen molar-refractivity contribution in [3.05, 3.63) is 22.7 Å². The fourth-order valence-corrected chi connectivity index (χ4v) is 1.70. The Morgan fingerprint density at radius 3 is 2.82 bits per heavy atom. The Kier molecular flexibility index (Phi) is 5.14. The molecule has 2 N–H and O–H groups in total. The molecule has 3 nitrogen and oxygen atoms in total. The zero-order valence-corrected chi connectivity index (χ0v) is 10.7. The van der Waals surface area contributed by atoms with Crippen LogP contribution in [0.2, 0.25) is 5.02 Å². The van der Waals surface area contributed by atoms with Gasteiger partial charge < -0.3 is 9.84 Å². The Morgan fingerprint density at radius 2 is 2.29 bits per heavy atom. The van der Waals surface area contributed by atoms with Crippen molar-refractivity contribution >= 4 is 11.6 Å². The Morgan fingerprint density at radius 1 is 1.59 bits per heavy atom. The number of phenols is 1. The molecular weight excluding hydrogens is 238 g/mol. The summed E-state index contributed by atoms with van der Waals surface area (Å²) < 4.78 is 5.02. The van der Waals surface area contributed by atoms with Crippen LogP contribution >= 0.6 is 11.6 Å². The summed E-state index contributed by atoms with van der Waals surface area (Å²) in [4.78, 5) is 0. The third kappa shape index (κ3) is 3.55. The highest BCUT2D eigenvalue weighted by Gasteiger charge is 2.11. The molecule has 17 heavy (non-hydrogen) atoms. The highest BCUT2D eigenvalue weighted by molar-refractivity contribution is 6.30. The predicted octanol–water partition coefficient (Wildman–Crippen LogP) is 2.56. The average Bonchev–Trinajstić information content (AvgIpc) is 2.34. The Labute approximate surface area is 107 Å². The van der Waals surface area contributed by atoms with Gasteiger partial charge in [0.05, 0.1) is 13.2 Å². The maximum atomic E-state index is 9.90. The lowest BCUT2D eigenvalue weighted by Crippen LogP contribution is -2.26. The summed E-state index contributed by atoms with van der Waals surface area (Å²) in [6.07, 6.45) is 6.17. The molecule has 0 aliphatic rings. The van der Waals surface area contributed by atoms with E-state index in [2.05, 4.69) is 11.2 Å². The van der Waals surface area contributed by atoms with E-state index in [1.165, 1.54) is 7.11 Å². The van der Waals surface area contributed by atoms with E-state index in [0.29, 0.717) is 22.9 Å². The number of benzene rings is 1. The minimum absolute atomic E-state index is 0.0145. The fourth-order valence-electron chi connectivity index (χ4n) is 1.47. The Balaban J connectivity index is 2.84. The Hall–Kier alpha value is -1.37. The quantitative estimate of drug-likeness (QED) is 0.793. The van der Waals surface area contributed by atoms with Gasteiger partial charge in [-0.05, 0) is 12.5 Å². The van der Waals surface area contributed by atoms with Crippen LogP contribution in [0.25, 0.3) is 0 Å². The van der Waals surface area contributed by atoms with Crippen molar-refractivity contribution < 1.29 is 9.84 Å². The molecule has 0 heterocycles. The maximum Gasteiger partial charge on any atom is 0.162 e. The molecule has 0 bridgehead atoms. The number of phenolic OH excluding ortho intramolecular Hbond substituents is 1. The van der Waals surface area contributed by atoms with Gasteiger partial charge in [0.2, 0.25) is 0 Å². The van der Waals surface area contributed by atoms with Crippen LogP contribution in [0, 0.1) is 12.3 Å². The van der Waals surface area contributed by atoms with Crippen molar-refractivity contribution in [1.82, 2.24) is 5.32 Å². The molecule has 1 unspecified atom stereocenters. The van der Waals surface area contributed by atoms with E-state index in [1.54, 1.807) is 12.1 Å². The molecule has 1 rings (SSSR count). The van der Waals surface area contributed by atoms with Crippen molar-refractivity contribution in [2.24, 2.45) is 0 Å². The number of halogens is 1. The minimum atomic E-state index is -0.0145. The summed E-state index contributed by atoms with van der Waals surface area (Å²) >= 11 is 5.92. The molecule has 0 aliphatic carbocycles. The van der Waals surface area contributed by atoms with Gasteiger partial charge in [0.25, 0.3) is 0 Å². The summed E-state index contributed by atoms with van der Waals surface area (Å²) in [7, 11) is 1.48. The van der Waals surface area contributed by atoms with Crippen LogP contribution in [0.4, 0.5) is 0 Å². The summed E-state index contributed by atoms with van der Waals surface area (Å²) in [6.45, 7) is 2.45. The second-order valence-electron chi connectivity index (χ2n) is 3.62. The normalized spacial score (nSPS) is 11.9. The molecule has 0 saturated heterocycles. The molecular formula is C13H16ClNO2. The number of methoxy groups -OCH3 is 1. The number of hydrogen-bond donors (Lipinski definition) is 2. The molecule has 1 atom stereocenters. The van der Waals surface area contributed by atoms with E-state index in [9.17, 15) is 5.11 Å². The smallest absolute Gasteiger partial charge is 0.162 e. The van der Waals surface area contributed by atoms with Gasteiger partial charge in [-0.2, -0.15) is 0 Å². The SMILES string of the molecule is C#CC(CC)NCc1cc(Cl)cc(OC)c1O. The van der Waals surface area contributed by atoms with Crippen LogP contribution in [0.15, 0.2) is 12.1 Å². The zero-order valence-electron chi connectivity index (χ0n) is 9.96. The molecule has 92 valence electrons. The highest BCUT2D eigenvalue weighted by atomic mass is 35.5. The first-order chi connectivity index (χ1) is 8.12. The van der Waals surface area contributed by atoms with Crippen molar-refractivity contribution in [3.63, 3.8) is 0 Å². The van der Waals surface area contributed by atoms with Crippen molar-refractivity contribution in [2.75, 3.05) is 7.11 Å². The monoisotopic (exact) mass is 253 g/mol. The molecule has 0 spiro atoms. The number of hydrogen-bond acceptors (Lipinski definition) is 3. The van der Waals surface area contributed by atoms with Crippen molar-refractivity contribution in [1.29, 1.82) is 0 Å². The van der Waals surface area contributed by atoms with Crippen LogP contribution in [-0.2, 0) is 6.54 Å². The van der Waals surface area contributed by atoms with E-state index in [0.717, 1.165) is 6.42 Å². The maximum absolute atomic E-state index is 9.90. The van der Waals surface area contributed by atoms with E-state index in [4.69, 9.17) is 22.8 Å². The van der Waals surface area contributed by atoms with Gasteiger partial charge in [0.1, 0.15) is 0 Å². The number of aromatic hydroxyl groups is 1.